The third kappa shape index (κ3) is 4.51. The summed E-state index contributed by atoms with van der Waals surface area (Å²) in [7, 11) is 1.55. The van der Waals surface area contributed by atoms with Gasteiger partial charge in [0.25, 0.3) is 11.5 Å². The molecule has 0 radical (unpaired) electrons. The molecule has 7 heteroatoms. The predicted molar refractivity (Wildman–Crippen MR) is 107 cm³/mol. The quantitative estimate of drug-likeness (QED) is 0.684. The summed E-state index contributed by atoms with van der Waals surface area (Å²) in [4.78, 5) is 25.0. The number of pyridine rings is 1. The molecule has 1 heterocycles. The zero-order chi connectivity index (χ0) is 19.4. The lowest BCUT2D eigenvalue weighted by Crippen LogP contribution is -2.25. The molecule has 0 spiro atoms. The molecule has 0 aliphatic heterocycles. The average molecular weight is 403 g/mol. The number of rotatable bonds is 5. The van der Waals surface area contributed by atoms with Crippen molar-refractivity contribution in [1.82, 2.24) is 4.57 Å². The van der Waals surface area contributed by atoms with Crippen LogP contribution in [0.2, 0.25) is 10.0 Å². The molecule has 0 saturated carbocycles. The largest absolute Gasteiger partial charge is 0.497 e. The second-order valence-corrected chi connectivity index (χ2v) is 6.60. The molecule has 3 aromatic rings. The monoisotopic (exact) mass is 402 g/mol. The van der Waals surface area contributed by atoms with E-state index < -0.39 is 0 Å². The topological polar surface area (TPSA) is 60.3 Å². The summed E-state index contributed by atoms with van der Waals surface area (Å²) in [5, 5.41) is 3.52. The van der Waals surface area contributed by atoms with Crippen LogP contribution in [0.25, 0.3) is 0 Å². The van der Waals surface area contributed by atoms with Crippen LogP contribution in [0.5, 0.6) is 5.75 Å². The van der Waals surface area contributed by atoms with Crippen LogP contribution in [-0.2, 0) is 6.54 Å². The normalized spacial score (nSPS) is 10.5. The first-order chi connectivity index (χ1) is 13.0. The van der Waals surface area contributed by atoms with Crippen molar-refractivity contribution < 1.29 is 9.53 Å². The van der Waals surface area contributed by atoms with Gasteiger partial charge in [0, 0.05) is 11.8 Å². The van der Waals surface area contributed by atoms with Gasteiger partial charge in [0.2, 0.25) is 0 Å². The van der Waals surface area contributed by atoms with Crippen LogP contribution in [0.3, 0.4) is 0 Å². The van der Waals surface area contributed by atoms with Gasteiger partial charge in [-0.15, -0.1) is 0 Å². The number of aromatic nitrogens is 1. The molecule has 0 bridgehead atoms. The average Bonchev–Trinajstić information content (AvgIpc) is 2.68. The van der Waals surface area contributed by atoms with E-state index in [0.717, 1.165) is 5.56 Å². The van der Waals surface area contributed by atoms with Crippen LogP contribution in [0, 0.1) is 0 Å². The minimum atomic E-state index is -0.373. The molecule has 1 aromatic heterocycles. The number of ether oxygens (including phenoxy) is 1. The minimum Gasteiger partial charge on any atom is -0.497 e. The maximum atomic E-state index is 12.7. The fourth-order valence-electron chi connectivity index (χ4n) is 2.53. The molecule has 138 valence electrons. The first-order valence-corrected chi connectivity index (χ1v) is 8.82. The number of amides is 1. The van der Waals surface area contributed by atoms with Crippen molar-refractivity contribution in [3.05, 3.63) is 92.3 Å². The van der Waals surface area contributed by atoms with Crippen molar-refractivity contribution in [2.75, 3.05) is 12.4 Å². The summed E-state index contributed by atoms with van der Waals surface area (Å²) < 4.78 is 6.56. The summed E-state index contributed by atoms with van der Waals surface area (Å²) in [6.07, 6.45) is 1.65. The fraction of sp³-hybridized carbons (Fsp3) is 0.100. The smallest absolute Gasteiger partial charge is 0.274 e. The highest BCUT2D eigenvalue weighted by molar-refractivity contribution is 6.42. The van der Waals surface area contributed by atoms with Gasteiger partial charge in [-0.05, 0) is 54.1 Å². The number of anilines is 1. The Bertz CT molecular complexity index is 1030. The van der Waals surface area contributed by atoms with Crippen LogP contribution in [-0.4, -0.2) is 17.6 Å². The summed E-state index contributed by atoms with van der Waals surface area (Å²) in [5.41, 5.74) is 1.13. The number of halogens is 2. The Hall–Kier alpha value is -2.76. The highest BCUT2D eigenvalue weighted by Gasteiger charge is 2.10. The Morgan fingerprint density at radius 2 is 1.81 bits per heavy atom. The van der Waals surface area contributed by atoms with E-state index in [0.29, 0.717) is 27.9 Å². The lowest BCUT2D eigenvalue weighted by molar-refractivity contribution is 0.102. The number of nitrogens with zero attached hydrogens (tertiary/aromatic N) is 1. The number of carbonyl (C=O) groups excluding carboxylic acids is 1. The molecule has 0 aliphatic carbocycles. The second kappa shape index (κ2) is 8.29. The van der Waals surface area contributed by atoms with E-state index in [1.807, 2.05) is 0 Å². The first-order valence-electron chi connectivity index (χ1n) is 8.06. The molecule has 3 rings (SSSR count). The van der Waals surface area contributed by atoms with Crippen LogP contribution in [0.15, 0.2) is 65.6 Å². The van der Waals surface area contributed by atoms with Gasteiger partial charge in [-0.1, -0.05) is 29.3 Å². The standard InChI is InChI=1S/C20H16Cl2N2O3/c1-27-15-7-5-14(6-8-15)19(25)23-18-3-2-10-24(20(18)26)12-13-4-9-16(21)17(22)11-13/h2-11H,12H2,1H3,(H,23,25). The van der Waals surface area contributed by atoms with Crippen molar-refractivity contribution >= 4 is 34.8 Å². The molecule has 27 heavy (non-hydrogen) atoms. The fourth-order valence-corrected chi connectivity index (χ4v) is 2.85. The summed E-state index contributed by atoms with van der Waals surface area (Å²) in [6, 6.07) is 15.1. The van der Waals surface area contributed by atoms with E-state index in [9.17, 15) is 9.59 Å². The van der Waals surface area contributed by atoms with Crippen LogP contribution < -0.4 is 15.6 Å². The molecule has 1 N–H and O–H groups in total. The third-order valence-corrected chi connectivity index (χ3v) is 4.70. The molecule has 0 aliphatic rings. The van der Waals surface area contributed by atoms with Gasteiger partial charge < -0.3 is 14.6 Å². The van der Waals surface area contributed by atoms with Gasteiger partial charge in [0.1, 0.15) is 11.4 Å². The van der Waals surface area contributed by atoms with Crippen molar-refractivity contribution in [2.24, 2.45) is 0 Å². The van der Waals surface area contributed by atoms with Crippen LogP contribution in [0.4, 0.5) is 5.69 Å². The maximum Gasteiger partial charge on any atom is 0.274 e. The van der Waals surface area contributed by atoms with Gasteiger partial charge >= 0.3 is 0 Å². The number of carbonyl (C=O) groups is 1. The second-order valence-electron chi connectivity index (χ2n) is 5.79. The SMILES string of the molecule is COc1ccc(C(=O)Nc2cccn(Cc3ccc(Cl)c(Cl)c3)c2=O)cc1. The Morgan fingerprint density at radius 1 is 1.07 bits per heavy atom. The van der Waals surface area contributed by atoms with E-state index in [2.05, 4.69) is 5.32 Å². The van der Waals surface area contributed by atoms with Gasteiger partial charge in [0.15, 0.2) is 0 Å². The Balaban J connectivity index is 1.80. The molecule has 0 fully saturated rings. The Labute approximate surface area is 166 Å². The van der Waals surface area contributed by atoms with Crippen molar-refractivity contribution in [3.8, 4) is 5.75 Å². The van der Waals surface area contributed by atoms with Crippen molar-refractivity contribution in [3.63, 3.8) is 0 Å². The van der Waals surface area contributed by atoms with E-state index in [-0.39, 0.29) is 17.2 Å². The van der Waals surface area contributed by atoms with Gasteiger partial charge in [0.05, 0.1) is 23.7 Å². The lowest BCUT2D eigenvalue weighted by atomic mass is 10.2. The summed E-state index contributed by atoms with van der Waals surface area (Å²) in [6.45, 7) is 0.308. The number of benzene rings is 2. The highest BCUT2D eigenvalue weighted by atomic mass is 35.5. The third-order valence-electron chi connectivity index (χ3n) is 3.96. The van der Waals surface area contributed by atoms with Gasteiger partial charge in [-0.25, -0.2) is 0 Å². The van der Waals surface area contributed by atoms with E-state index >= 15 is 0 Å². The lowest BCUT2D eigenvalue weighted by Gasteiger charge is -2.10. The van der Waals surface area contributed by atoms with Gasteiger partial charge in [-0.2, -0.15) is 0 Å². The number of hydrogen-bond acceptors (Lipinski definition) is 3. The van der Waals surface area contributed by atoms with E-state index in [1.165, 1.54) is 4.57 Å². The predicted octanol–water partition coefficient (Wildman–Crippen LogP) is 4.46. The first kappa shape index (κ1) is 19.0. The summed E-state index contributed by atoms with van der Waals surface area (Å²) in [5.74, 6) is 0.275. The number of nitrogens with one attached hydrogen (secondary N) is 1. The number of methoxy groups -OCH3 is 1. The molecule has 2 aromatic carbocycles. The molecule has 0 atom stereocenters. The summed E-state index contributed by atoms with van der Waals surface area (Å²) >= 11 is 11.9. The zero-order valence-corrected chi connectivity index (χ0v) is 15.9. The van der Waals surface area contributed by atoms with E-state index in [1.54, 1.807) is 67.9 Å². The minimum absolute atomic E-state index is 0.193. The van der Waals surface area contributed by atoms with Crippen molar-refractivity contribution in [1.29, 1.82) is 0 Å². The molecule has 0 saturated heterocycles. The molecule has 1 amide bonds. The Kier molecular flexibility index (Phi) is 5.84. The molecule has 5 nitrogen and oxygen atoms in total. The van der Waals surface area contributed by atoms with Crippen LogP contribution in [0.1, 0.15) is 15.9 Å². The zero-order valence-electron chi connectivity index (χ0n) is 14.4. The van der Waals surface area contributed by atoms with Gasteiger partial charge in [-0.3, -0.25) is 9.59 Å². The maximum absolute atomic E-state index is 12.7. The van der Waals surface area contributed by atoms with Crippen molar-refractivity contribution in [2.45, 2.75) is 6.54 Å². The Morgan fingerprint density at radius 3 is 2.48 bits per heavy atom. The molecule has 0 unspecified atom stereocenters. The molecular weight excluding hydrogens is 387 g/mol. The highest BCUT2D eigenvalue weighted by Crippen LogP contribution is 2.23. The number of hydrogen-bond donors (Lipinski definition) is 1. The van der Waals surface area contributed by atoms with E-state index in [4.69, 9.17) is 27.9 Å². The molecular formula is C20H16Cl2N2O3. The van der Waals surface area contributed by atoms with Crippen LogP contribution >= 0.6 is 23.2 Å².